The van der Waals surface area contributed by atoms with Crippen LogP contribution >= 0.6 is 0 Å². The van der Waals surface area contributed by atoms with Crippen LogP contribution in [0.3, 0.4) is 0 Å². The summed E-state index contributed by atoms with van der Waals surface area (Å²) in [5.74, 6) is 3.82. The average molecular weight is 456 g/mol. The van der Waals surface area contributed by atoms with Crippen LogP contribution in [0.1, 0.15) is 27.4 Å². The minimum absolute atomic E-state index is 0.236. The lowest BCUT2D eigenvalue weighted by Crippen LogP contribution is -2.25. The number of methoxy groups -OCH3 is 5. The highest BCUT2D eigenvalue weighted by Gasteiger charge is 2.17. The van der Waals surface area contributed by atoms with E-state index in [0.29, 0.717) is 53.9 Å². The van der Waals surface area contributed by atoms with E-state index in [0.717, 1.165) is 11.1 Å². The first-order valence-corrected chi connectivity index (χ1v) is 10.4. The van der Waals surface area contributed by atoms with E-state index in [1.165, 1.54) is 0 Å². The Morgan fingerprint density at radius 3 is 1.91 bits per heavy atom. The smallest absolute Gasteiger partial charge is 0.287 e. The zero-order chi connectivity index (χ0) is 23.8. The van der Waals surface area contributed by atoms with Gasteiger partial charge in [-0.1, -0.05) is 0 Å². The number of furan rings is 1. The van der Waals surface area contributed by atoms with Crippen LogP contribution in [0, 0.1) is 0 Å². The second-order valence-corrected chi connectivity index (χ2v) is 7.18. The minimum atomic E-state index is -0.287. The van der Waals surface area contributed by atoms with Crippen LogP contribution in [-0.2, 0) is 12.8 Å². The monoisotopic (exact) mass is 455 g/mol. The van der Waals surface area contributed by atoms with Gasteiger partial charge in [-0.05, 0) is 36.2 Å². The van der Waals surface area contributed by atoms with Crippen molar-refractivity contribution in [2.75, 3.05) is 42.1 Å². The Labute approximate surface area is 193 Å². The van der Waals surface area contributed by atoms with Gasteiger partial charge in [-0.25, -0.2) is 0 Å². The zero-order valence-corrected chi connectivity index (χ0v) is 19.5. The van der Waals surface area contributed by atoms with Gasteiger partial charge in [0.1, 0.15) is 34.5 Å². The van der Waals surface area contributed by atoms with Crippen molar-refractivity contribution in [1.29, 1.82) is 0 Å². The maximum atomic E-state index is 12.6. The van der Waals surface area contributed by atoms with Crippen molar-refractivity contribution in [1.82, 2.24) is 5.32 Å². The summed E-state index contributed by atoms with van der Waals surface area (Å²) >= 11 is 0. The molecule has 0 bridgehead atoms. The number of benzene rings is 2. The number of nitrogens with one attached hydrogen (secondary N) is 1. The first kappa shape index (κ1) is 23.8. The average Bonchev–Trinajstić information content (AvgIpc) is 3.32. The molecule has 3 aromatic rings. The predicted octanol–water partition coefficient (Wildman–Crippen LogP) is 3.89. The van der Waals surface area contributed by atoms with E-state index in [2.05, 4.69) is 5.32 Å². The van der Waals surface area contributed by atoms with Crippen LogP contribution in [0.15, 0.2) is 46.9 Å². The molecule has 1 N–H and O–H groups in total. The fraction of sp³-hybridized carbons (Fsp3) is 0.320. The largest absolute Gasteiger partial charge is 0.497 e. The number of hydrogen-bond acceptors (Lipinski definition) is 7. The van der Waals surface area contributed by atoms with Crippen LogP contribution in [-0.4, -0.2) is 48.0 Å². The van der Waals surface area contributed by atoms with E-state index >= 15 is 0 Å². The van der Waals surface area contributed by atoms with Crippen LogP contribution in [0.25, 0.3) is 0 Å². The van der Waals surface area contributed by atoms with Crippen molar-refractivity contribution in [3.8, 4) is 28.7 Å². The molecule has 8 nitrogen and oxygen atoms in total. The Balaban J connectivity index is 1.64. The summed E-state index contributed by atoms with van der Waals surface area (Å²) in [6.45, 7) is 0.436. The standard InChI is InChI=1S/C25H29NO7/c1-28-18-10-16(11-19(12-18)29-2)8-9-26-25(27)22-7-6-17(33-22)13-21-23(31-4)14-20(30-3)15-24(21)32-5/h6-7,10-12,14-15H,8-9,13H2,1-5H3,(H,26,27). The van der Waals surface area contributed by atoms with Gasteiger partial charge in [0.05, 0.1) is 35.5 Å². The van der Waals surface area contributed by atoms with E-state index in [4.69, 9.17) is 28.1 Å². The van der Waals surface area contributed by atoms with E-state index in [9.17, 15) is 4.79 Å². The topological polar surface area (TPSA) is 88.4 Å². The fourth-order valence-electron chi connectivity index (χ4n) is 3.44. The highest BCUT2D eigenvalue weighted by molar-refractivity contribution is 5.91. The van der Waals surface area contributed by atoms with Gasteiger partial charge in [0.25, 0.3) is 5.91 Å². The Morgan fingerprint density at radius 2 is 1.36 bits per heavy atom. The maximum absolute atomic E-state index is 12.6. The third-order valence-electron chi connectivity index (χ3n) is 5.16. The van der Waals surface area contributed by atoms with E-state index in [1.54, 1.807) is 65.9 Å². The van der Waals surface area contributed by atoms with Gasteiger partial charge in [-0.15, -0.1) is 0 Å². The molecule has 1 heterocycles. The van der Waals surface area contributed by atoms with E-state index in [1.807, 2.05) is 12.1 Å². The summed E-state index contributed by atoms with van der Waals surface area (Å²) in [5.41, 5.74) is 1.79. The number of ether oxygens (including phenoxy) is 5. The fourth-order valence-corrected chi connectivity index (χ4v) is 3.44. The third kappa shape index (κ3) is 5.91. The normalized spacial score (nSPS) is 10.5. The summed E-state index contributed by atoms with van der Waals surface area (Å²) in [5, 5.41) is 2.88. The van der Waals surface area contributed by atoms with Crippen LogP contribution in [0.2, 0.25) is 0 Å². The lowest BCUT2D eigenvalue weighted by atomic mass is 10.1. The highest BCUT2D eigenvalue weighted by atomic mass is 16.5. The Morgan fingerprint density at radius 1 is 0.788 bits per heavy atom. The Bertz CT molecular complexity index is 1040. The van der Waals surface area contributed by atoms with Crippen LogP contribution in [0.5, 0.6) is 28.7 Å². The minimum Gasteiger partial charge on any atom is -0.497 e. The van der Waals surface area contributed by atoms with Gasteiger partial charge >= 0.3 is 0 Å². The van der Waals surface area contributed by atoms with Crippen LogP contribution in [0.4, 0.5) is 0 Å². The lowest BCUT2D eigenvalue weighted by Gasteiger charge is -2.14. The summed E-state index contributed by atoms with van der Waals surface area (Å²) < 4.78 is 32.6. The van der Waals surface area contributed by atoms with E-state index < -0.39 is 0 Å². The molecular formula is C25H29NO7. The quantitative estimate of drug-likeness (QED) is 0.469. The predicted molar refractivity (Wildman–Crippen MR) is 123 cm³/mol. The molecule has 3 rings (SSSR count). The first-order chi connectivity index (χ1) is 16.0. The maximum Gasteiger partial charge on any atom is 0.287 e. The number of amides is 1. The van der Waals surface area contributed by atoms with Crippen molar-refractivity contribution in [2.45, 2.75) is 12.8 Å². The molecular weight excluding hydrogens is 426 g/mol. The Kier molecular flexibility index (Phi) is 8.07. The molecule has 2 aromatic carbocycles. The molecule has 8 heteroatoms. The highest BCUT2D eigenvalue weighted by Crippen LogP contribution is 2.35. The van der Waals surface area contributed by atoms with Crippen molar-refractivity contribution in [3.63, 3.8) is 0 Å². The summed E-state index contributed by atoms with van der Waals surface area (Å²) in [4.78, 5) is 12.6. The third-order valence-corrected chi connectivity index (χ3v) is 5.16. The van der Waals surface area contributed by atoms with Crippen molar-refractivity contribution in [3.05, 3.63) is 65.1 Å². The molecule has 1 aromatic heterocycles. The zero-order valence-electron chi connectivity index (χ0n) is 19.5. The van der Waals surface area contributed by atoms with E-state index in [-0.39, 0.29) is 11.7 Å². The molecule has 0 aliphatic heterocycles. The van der Waals surface area contributed by atoms with Gasteiger partial charge in [0.15, 0.2) is 5.76 Å². The summed E-state index contributed by atoms with van der Waals surface area (Å²) in [6, 6.07) is 12.6. The SMILES string of the molecule is COc1cc(CCNC(=O)c2ccc(Cc3c(OC)cc(OC)cc3OC)o2)cc(OC)c1. The molecule has 0 atom stereocenters. The van der Waals surface area contributed by atoms with Gasteiger partial charge in [0, 0.05) is 36.7 Å². The molecule has 0 aliphatic carbocycles. The summed E-state index contributed by atoms with van der Waals surface area (Å²) in [6.07, 6.45) is 1.01. The second kappa shape index (κ2) is 11.2. The molecule has 0 saturated heterocycles. The van der Waals surface area contributed by atoms with Crippen LogP contribution < -0.4 is 29.0 Å². The van der Waals surface area contributed by atoms with Gasteiger partial charge in [-0.2, -0.15) is 0 Å². The molecule has 0 aliphatic rings. The lowest BCUT2D eigenvalue weighted by molar-refractivity contribution is 0.0925. The number of rotatable bonds is 11. The van der Waals surface area contributed by atoms with Gasteiger partial charge in [0.2, 0.25) is 0 Å². The van der Waals surface area contributed by atoms with Crippen molar-refractivity contribution in [2.24, 2.45) is 0 Å². The first-order valence-electron chi connectivity index (χ1n) is 10.4. The molecule has 33 heavy (non-hydrogen) atoms. The molecule has 0 radical (unpaired) electrons. The molecule has 1 amide bonds. The molecule has 0 spiro atoms. The second-order valence-electron chi connectivity index (χ2n) is 7.18. The molecule has 0 unspecified atom stereocenters. The van der Waals surface area contributed by atoms with Crippen molar-refractivity contribution < 1.29 is 32.9 Å². The molecule has 0 fully saturated rings. The molecule has 0 saturated carbocycles. The number of hydrogen-bond donors (Lipinski definition) is 1. The molecule has 176 valence electrons. The number of carbonyl (C=O) groups excluding carboxylic acids is 1. The number of carbonyl (C=O) groups is 1. The van der Waals surface area contributed by atoms with Gasteiger partial charge in [-0.3, -0.25) is 4.79 Å². The van der Waals surface area contributed by atoms with Gasteiger partial charge < -0.3 is 33.4 Å². The summed E-state index contributed by atoms with van der Waals surface area (Å²) in [7, 11) is 7.95. The van der Waals surface area contributed by atoms with Crippen molar-refractivity contribution >= 4 is 5.91 Å². The Hall–Kier alpha value is -3.81.